The molecule has 2 aliphatic carbocycles. The van der Waals surface area contributed by atoms with Gasteiger partial charge in [-0.1, -0.05) is 18.2 Å². The third-order valence-electron chi connectivity index (χ3n) is 7.66. The summed E-state index contributed by atoms with van der Waals surface area (Å²) < 4.78 is 43.3. The molecule has 2 aromatic carbocycles. The number of hydrogen-bond acceptors (Lipinski definition) is 5. The summed E-state index contributed by atoms with van der Waals surface area (Å²) in [6, 6.07) is 10.8. The lowest BCUT2D eigenvalue weighted by Gasteiger charge is -2.44. The summed E-state index contributed by atoms with van der Waals surface area (Å²) in [5.41, 5.74) is 1.77. The Morgan fingerprint density at radius 1 is 1.15 bits per heavy atom. The van der Waals surface area contributed by atoms with Gasteiger partial charge in [-0.15, -0.1) is 4.40 Å². The number of carbonyl (C=O) groups is 1. The first-order chi connectivity index (χ1) is 16.2. The Labute approximate surface area is 197 Å². The van der Waals surface area contributed by atoms with Crippen LogP contribution in [0.3, 0.4) is 0 Å². The molecule has 2 fully saturated rings. The van der Waals surface area contributed by atoms with Crippen molar-refractivity contribution in [1.29, 1.82) is 0 Å². The highest BCUT2D eigenvalue weighted by molar-refractivity contribution is 7.90. The molecule has 34 heavy (non-hydrogen) atoms. The van der Waals surface area contributed by atoms with E-state index in [1.807, 2.05) is 0 Å². The van der Waals surface area contributed by atoms with Crippen LogP contribution >= 0.6 is 0 Å². The first-order valence-electron chi connectivity index (χ1n) is 11.4. The third-order valence-corrected chi connectivity index (χ3v) is 8.98. The highest BCUT2D eigenvalue weighted by atomic mass is 32.2. The first kappa shape index (κ1) is 21.3. The quantitative estimate of drug-likeness (QED) is 0.693. The van der Waals surface area contributed by atoms with E-state index in [9.17, 15) is 22.7 Å². The van der Waals surface area contributed by atoms with Crippen molar-refractivity contribution in [1.82, 2.24) is 4.90 Å². The van der Waals surface area contributed by atoms with Gasteiger partial charge < -0.3 is 15.3 Å². The van der Waals surface area contributed by atoms with Crippen LogP contribution in [0.4, 0.5) is 10.1 Å². The highest BCUT2D eigenvalue weighted by Gasteiger charge is 2.57. The zero-order valence-corrected chi connectivity index (χ0v) is 19.3. The molecule has 176 valence electrons. The summed E-state index contributed by atoms with van der Waals surface area (Å²) in [5.74, 6) is -0.809. The average molecular weight is 482 g/mol. The molecule has 0 saturated heterocycles. The van der Waals surface area contributed by atoms with E-state index < -0.39 is 15.9 Å². The van der Waals surface area contributed by atoms with Gasteiger partial charge in [0.25, 0.3) is 15.9 Å². The van der Waals surface area contributed by atoms with Crippen molar-refractivity contribution in [2.24, 2.45) is 22.2 Å². The number of halogens is 1. The highest BCUT2D eigenvalue weighted by Crippen LogP contribution is 2.55. The maximum absolute atomic E-state index is 13.8. The van der Waals surface area contributed by atoms with Crippen LogP contribution in [-0.2, 0) is 21.4 Å². The number of rotatable bonds is 3. The number of sulfonamides is 1. The van der Waals surface area contributed by atoms with Gasteiger partial charge >= 0.3 is 0 Å². The summed E-state index contributed by atoms with van der Waals surface area (Å²) in [4.78, 5) is 15.6. The van der Waals surface area contributed by atoms with Gasteiger partial charge in [0, 0.05) is 18.5 Å². The third kappa shape index (κ3) is 3.17. The van der Waals surface area contributed by atoms with Crippen molar-refractivity contribution in [2.75, 3.05) is 5.32 Å². The fourth-order valence-electron chi connectivity index (χ4n) is 6.21. The zero-order chi connectivity index (χ0) is 23.8. The number of hydrogen-bond donors (Lipinski definition) is 2. The van der Waals surface area contributed by atoms with Crippen LogP contribution in [0.25, 0.3) is 0 Å². The lowest BCUT2D eigenvalue weighted by molar-refractivity contribution is -0.134. The van der Waals surface area contributed by atoms with Crippen molar-refractivity contribution in [3.8, 4) is 0 Å². The van der Waals surface area contributed by atoms with Gasteiger partial charge in [-0.05, 0) is 73.4 Å². The summed E-state index contributed by atoms with van der Waals surface area (Å²) >= 11 is 0. The molecule has 1 amide bonds. The minimum Gasteiger partial charge on any atom is -0.511 e. The molecular weight excluding hydrogens is 457 g/mol. The van der Waals surface area contributed by atoms with Gasteiger partial charge in [0.2, 0.25) is 0 Å². The molecule has 0 unspecified atom stereocenters. The number of aryl methyl sites for hydroxylation is 1. The first-order valence-corrected chi connectivity index (χ1v) is 12.9. The standard InChI is InChI=1S/C25H24FN3O4S/c1-13-2-9-18-19(10-13)34(32,33)28-24(27-18)21-23(30)20-15-5-6-16(11-15)22(20)29(25(21)31)12-14-3-7-17(26)8-4-14/h2-4,7-10,15-16,20,22,30H,5-6,11-12H2,1H3,(H,27,28)/t15-,16+,20+,22-/m0/s1. The van der Waals surface area contributed by atoms with Gasteiger partial charge in [0.1, 0.15) is 22.0 Å². The number of fused-ring (bicyclic) bond motifs is 6. The minimum atomic E-state index is -4.06. The van der Waals surface area contributed by atoms with Crippen LogP contribution in [-0.4, -0.2) is 36.2 Å². The summed E-state index contributed by atoms with van der Waals surface area (Å²) in [6.07, 6.45) is 2.87. The molecule has 2 N–H and O–H groups in total. The molecule has 4 atom stereocenters. The summed E-state index contributed by atoms with van der Waals surface area (Å²) in [5, 5.41) is 14.3. The Morgan fingerprint density at radius 3 is 2.65 bits per heavy atom. The molecule has 7 nitrogen and oxygen atoms in total. The second-order valence-corrected chi connectivity index (χ2v) is 11.3. The van der Waals surface area contributed by atoms with Crippen LogP contribution in [0.5, 0.6) is 0 Å². The molecule has 2 aromatic rings. The Morgan fingerprint density at radius 2 is 1.88 bits per heavy atom. The fourth-order valence-corrected chi connectivity index (χ4v) is 7.42. The molecule has 9 heteroatoms. The number of benzene rings is 2. The van der Waals surface area contributed by atoms with Gasteiger partial charge in [0.05, 0.1) is 5.69 Å². The SMILES string of the molecule is Cc1ccc2c(c1)S(=O)(=O)N=C(C1=C(O)[C@@H]3[C@H]4CC[C@H](C4)[C@@H]3N(Cc3ccc(F)cc3)C1=O)N2. The summed E-state index contributed by atoms with van der Waals surface area (Å²) in [7, 11) is -4.06. The Balaban J connectivity index is 1.45. The lowest BCUT2D eigenvalue weighted by Crippen LogP contribution is -2.53. The second kappa shape index (κ2) is 7.40. The number of aliphatic hydroxyl groups excluding tert-OH is 1. The molecule has 4 aliphatic rings. The number of nitrogens with zero attached hydrogens (tertiary/aromatic N) is 2. The van der Waals surface area contributed by atoms with Gasteiger partial charge in [-0.2, -0.15) is 8.42 Å². The van der Waals surface area contributed by atoms with Crippen LogP contribution in [0.15, 0.2) is 63.1 Å². The van der Waals surface area contributed by atoms with E-state index in [-0.39, 0.29) is 58.2 Å². The molecule has 2 heterocycles. The molecule has 2 bridgehead atoms. The van der Waals surface area contributed by atoms with E-state index >= 15 is 0 Å². The van der Waals surface area contributed by atoms with Crippen LogP contribution < -0.4 is 5.32 Å². The molecule has 2 aliphatic heterocycles. The molecule has 0 radical (unpaired) electrons. The number of amides is 1. The maximum atomic E-state index is 13.8. The predicted molar refractivity (Wildman–Crippen MR) is 124 cm³/mol. The fraction of sp³-hybridized carbons (Fsp3) is 0.360. The van der Waals surface area contributed by atoms with Gasteiger partial charge in [-0.3, -0.25) is 4.79 Å². The molecular formula is C25H24FN3O4S. The number of nitrogens with one attached hydrogen (secondary N) is 1. The number of amidine groups is 1. The van der Waals surface area contributed by atoms with E-state index in [2.05, 4.69) is 9.71 Å². The molecule has 2 saturated carbocycles. The van der Waals surface area contributed by atoms with E-state index in [1.54, 1.807) is 36.1 Å². The Bertz CT molecular complexity index is 1380. The van der Waals surface area contributed by atoms with E-state index in [1.165, 1.54) is 18.2 Å². The number of carbonyl (C=O) groups excluding carboxylic acids is 1. The van der Waals surface area contributed by atoms with E-state index in [4.69, 9.17) is 0 Å². The van der Waals surface area contributed by atoms with Crippen molar-refractivity contribution in [3.63, 3.8) is 0 Å². The topological polar surface area (TPSA) is 99.1 Å². The lowest BCUT2D eigenvalue weighted by atomic mass is 9.77. The minimum absolute atomic E-state index is 0.0422. The largest absolute Gasteiger partial charge is 0.511 e. The van der Waals surface area contributed by atoms with E-state index in [0.29, 0.717) is 5.69 Å². The maximum Gasteiger partial charge on any atom is 0.286 e. The van der Waals surface area contributed by atoms with Crippen molar-refractivity contribution < 1.29 is 22.7 Å². The second-order valence-electron chi connectivity index (χ2n) is 9.71. The van der Waals surface area contributed by atoms with Crippen molar-refractivity contribution >= 4 is 27.5 Å². The Kier molecular flexibility index (Phi) is 4.64. The van der Waals surface area contributed by atoms with Crippen LogP contribution in [0.2, 0.25) is 0 Å². The predicted octanol–water partition coefficient (Wildman–Crippen LogP) is 3.92. The van der Waals surface area contributed by atoms with Crippen molar-refractivity contribution in [2.45, 2.75) is 43.7 Å². The van der Waals surface area contributed by atoms with Crippen LogP contribution in [0.1, 0.15) is 30.4 Å². The monoisotopic (exact) mass is 481 g/mol. The summed E-state index contributed by atoms with van der Waals surface area (Å²) in [6.45, 7) is 2.03. The smallest absolute Gasteiger partial charge is 0.286 e. The number of aliphatic hydroxyl groups is 1. The van der Waals surface area contributed by atoms with Crippen LogP contribution in [0, 0.1) is 30.5 Å². The average Bonchev–Trinajstić information content (AvgIpc) is 3.40. The molecule has 0 spiro atoms. The van der Waals surface area contributed by atoms with Crippen molar-refractivity contribution in [3.05, 3.63) is 70.7 Å². The van der Waals surface area contributed by atoms with E-state index in [0.717, 1.165) is 30.4 Å². The van der Waals surface area contributed by atoms with Gasteiger partial charge in [0.15, 0.2) is 5.84 Å². The van der Waals surface area contributed by atoms with Gasteiger partial charge in [-0.25, -0.2) is 4.39 Å². The normalized spacial score (nSPS) is 28.9. The number of anilines is 1. The molecule has 0 aromatic heterocycles. The Hall–Kier alpha value is -3.20. The zero-order valence-electron chi connectivity index (χ0n) is 18.5. The molecule has 6 rings (SSSR count).